The van der Waals surface area contributed by atoms with Gasteiger partial charge in [-0.15, -0.1) is 11.3 Å². The fraction of sp³-hybridized carbons (Fsp3) is 0.667. The molecule has 3 heteroatoms. The first-order valence-electron chi connectivity index (χ1n) is 5.54. The molecular formula is C12H20BrNS. The van der Waals surface area contributed by atoms with Crippen molar-refractivity contribution in [1.29, 1.82) is 0 Å². The molecule has 0 aliphatic heterocycles. The van der Waals surface area contributed by atoms with E-state index in [1.54, 1.807) is 0 Å². The average molecular weight is 290 g/mol. The molecule has 0 saturated heterocycles. The van der Waals surface area contributed by atoms with E-state index in [4.69, 9.17) is 0 Å². The molecule has 1 aromatic heterocycles. The minimum atomic E-state index is 0.452. The summed E-state index contributed by atoms with van der Waals surface area (Å²) >= 11 is 5.31. The summed E-state index contributed by atoms with van der Waals surface area (Å²) in [6.07, 6.45) is 1.19. The van der Waals surface area contributed by atoms with Crippen LogP contribution in [0.15, 0.2) is 15.9 Å². The van der Waals surface area contributed by atoms with E-state index in [0.29, 0.717) is 18.0 Å². The van der Waals surface area contributed by atoms with Crippen molar-refractivity contribution in [3.05, 3.63) is 20.8 Å². The average Bonchev–Trinajstić information content (AvgIpc) is 2.60. The topological polar surface area (TPSA) is 12.0 Å². The molecule has 1 aromatic rings. The maximum Gasteiger partial charge on any atom is 0.0388 e. The van der Waals surface area contributed by atoms with Crippen LogP contribution in [0, 0.1) is 5.92 Å². The molecule has 0 aromatic carbocycles. The molecule has 86 valence electrons. The summed E-state index contributed by atoms with van der Waals surface area (Å²) in [4.78, 5) is 1.40. The van der Waals surface area contributed by atoms with Gasteiger partial charge in [-0.1, -0.05) is 20.8 Å². The smallest absolute Gasteiger partial charge is 0.0388 e. The fourth-order valence-electron chi connectivity index (χ4n) is 1.74. The molecule has 15 heavy (non-hydrogen) atoms. The van der Waals surface area contributed by atoms with Gasteiger partial charge in [0.2, 0.25) is 0 Å². The van der Waals surface area contributed by atoms with Crippen molar-refractivity contribution < 1.29 is 0 Å². The van der Waals surface area contributed by atoms with Crippen LogP contribution in [0.2, 0.25) is 0 Å². The van der Waals surface area contributed by atoms with Crippen LogP contribution in [0.25, 0.3) is 0 Å². The monoisotopic (exact) mass is 289 g/mol. The summed E-state index contributed by atoms with van der Waals surface area (Å²) in [6.45, 7) is 9.04. The number of thiophene rings is 1. The fourth-order valence-corrected chi connectivity index (χ4v) is 3.20. The molecule has 2 unspecified atom stereocenters. The molecule has 0 bridgehead atoms. The first-order valence-corrected chi connectivity index (χ1v) is 7.21. The van der Waals surface area contributed by atoms with Crippen molar-refractivity contribution in [2.45, 2.75) is 46.2 Å². The summed E-state index contributed by atoms with van der Waals surface area (Å²) in [5.41, 5.74) is 0. The van der Waals surface area contributed by atoms with Crippen LogP contribution in [-0.4, -0.2) is 6.04 Å². The summed E-state index contributed by atoms with van der Waals surface area (Å²) in [7, 11) is 0. The normalized spacial score (nSPS) is 15.6. The largest absolute Gasteiger partial charge is 0.306 e. The van der Waals surface area contributed by atoms with Gasteiger partial charge in [-0.3, -0.25) is 0 Å². The minimum Gasteiger partial charge on any atom is -0.306 e. The van der Waals surface area contributed by atoms with E-state index in [0.717, 1.165) is 0 Å². The van der Waals surface area contributed by atoms with Gasteiger partial charge in [0.15, 0.2) is 0 Å². The van der Waals surface area contributed by atoms with E-state index in [9.17, 15) is 0 Å². The Balaban J connectivity index is 2.58. The van der Waals surface area contributed by atoms with Crippen LogP contribution in [-0.2, 0) is 0 Å². The van der Waals surface area contributed by atoms with Crippen LogP contribution in [0.1, 0.15) is 45.0 Å². The molecule has 0 amide bonds. The zero-order valence-corrected chi connectivity index (χ0v) is 12.3. The van der Waals surface area contributed by atoms with E-state index in [-0.39, 0.29) is 0 Å². The Morgan fingerprint density at radius 1 is 1.40 bits per heavy atom. The van der Waals surface area contributed by atoms with Crippen LogP contribution in [0.3, 0.4) is 0 Å². The highest BCUT2D eigenvalue weighted by Gasteiger charge is 2.15. The van der Waals surface area contributed by atoms with Crippen molar-refractivity contribution in [1.82, 2.24) is 5.32 Å². The molecule has 1 N–H and O–H groups in total. The molecule has 1 rings (SSSR count). The van der Waals surface area contributed by atoms with Gasteiger partial charge in [-0.2, -0.15) is 0 Å². The molecule has 0 radical (unpaired) electrons. The van der Waals surface area contributed by atoms with E-state index >= 15 is 0 Å². The van der Waals surface area contributed by atoms with Crippen LogP contribution in [0.4, 0.5) is 0 Å². The second-order valence-corrected chi connectivity index (χ2v) is 6.17. The quantitative estimate of drug-likeness (QED) is 0.836. The van der Waals surface area contributed by atoms with Crippen molar-refractivity contribution in [2.24, 2.45) is 5.92 Å². The van der Waals surface area contributed by atoms with E-state index in [1.807, 2.05) is 11.3 Å². The van der Waals surface area contributed by atoms with Crippen molar-refractivity contribution >= 4 is 27.3 Å². The molecule has 0 spiro atoms. The van der Waals surface area contributed by atoms with Gasteiger partial charge in [0.25, 0.3) is 0 Å². The first kappa shape index (κ1) is 13.2. The highest BCUT2D eigenvalue weighted by Crippen LogP contribution is 2.26. The SMILES string of the molecule is CCC(NC(C)c1cc(Br)cs1)C(C)C. The Morgan fingerprint density at radius 3 is 2.47 bits per heavy atom. The molecule has 1 heterocycles. The van der Waals surface area contributed by atoms with Gasteiger partial charge in [0, 0.05) is 26.8 Å². The Hall–Kier alpha value is 0.140. The highest BCUT2D eigenvalue weighted by atomic mass is 79.9. The summed E-state index contributed by atoms with van der Waals surface area (Å²) < 4.78 is 1.19. The van der Waals surface area contributed by atoms with Gasteiger partial charge in [-0.25, -0.2) is 0 Å². The summed E-state index contributed by atoms with van der Waals surface area (Å²) in [6, 6.07) is 3.27. The zero-order valence-electron chi connectivity index (χ0n) is 9.88. The van der Waals surface area contributed by atoms with Gasteiger partial charge in [-0.05, 0) is 41.3 Å². The lowest BCUT2D eigenvalue weighted by Crippen LogP contribution is -2.34. The third-order valence-corrected chi connectivity index (χ3v) is 4.60. The standard InChI is InChI=1S/C12H20BrNS/c1-5-11(8(2)3)14-9(4)12-6-10(13)7-15-12/h6-9,11,14H,5H2,1-4H3. The second-order valence-electron chi connectivity index (χ2n) is 4.31. The summed E-state index contributed by atoms with van der Waals surface area (Å²) in [5, 5.41) is 5.83. The van der Waals surface area contributed by atoms with Crippen LogP contribution < -0.4 is 5.32 Å². The van der Waals surface area contributed by atoms with E-state index < -0.39 is 0 Å². The molecule has 0 aliphatic rings. The van der Waals surface area contributed by atoms with Gasteiger partial charge >= 0.3 is 0 Å². The highest BCUT2D eigenvalue weighted by molar-refractivity contribution is 9.10. The number of nitrogens with one attached hydrogen (secondary N) is 1. The zero-order chi connectivity index (χ0) is 11.4. The van der Waals surface area contributed by atoms with E-state index in [1.165, 1.54) is 15.8 Å². The van der Waals surface area contributed by atoms with E-state index in [2.05, 4.69) is 60.4 Å². The molecule has 0 saturated carbocycles. The molecule has 1 nitrogen and oxygen atoms in total. The van der Waals surface area contributed by atoms with Gasteiger partial charge in [0.05, 0.1) is 0 Å². The third kappa shape index (κ3) is 3.89. The molecule has 0 aliphatic carbocycles. The van der Waals surface area contributed by atoms with Crippen LogP contribution >= 0.6 is 27.3 Å². The maximum absolute atomic E-state index is 3.69. The van der Waals surface area contributed by atoms with Crippen LogP contribution in [0.5, 0.6) is 0 Å². The lowest BCUT2D eigenvalue weighted by Gasteiger charge is -2.24. The Labute approximate surface area is 105 Å². The number of rotatable bonds is 5. The minimum absolute atomic E-state index is 0.452. The Morgan fingerprint density at radius 2 is 2.07 bits per heavy atom. The van der Waals surface area contributed by atoms with Gasteiger partial charge < -0.3 is 5.32 Å². The number of hydrogen-bond acceptors (Lipinski definition) is 2. The second kappa shape index (κ2) is 6.02. The number of hydrogen-bond donors (Lipinski definition) is 1. The lowest BCUT2D eigenvalue weighted by atomic mass is 10.0. The predicted octanol–water partition coefficient (Wildman–Crippen LogP) is 4.60. The molecular weight excluding hydrogens is 270 g/mol. The number of halogens is 1. The maximum atomic E-state index is 3.69. The predicted molar refractivity (Wildman–Crippen MR) is 72.5 cm³/mol. The molecule has 0 fully saturated rings. The summed E-state index contributed by atoms with van der Waals surface area (Å²) in [5.74, 6) is 0.695. The lowest BCUT2D eigenvalue weighted by molar-refractivity contribution is 0.358. The first-order chi connectivity index (χ1) is 7.04. The molecule has 2 atom stereocenters. The Kier molecular flexibility index (Phi) is 5.30. The Bertz CT molecular complexity index is 296. The van der Waals surface area contributed by atoms with Gasteiger partial charge in [0.1, 0.15) is 0 Å². The van der Waals surface area contributed by atoms with Crippen molar-refractivity contribution in [3.63, 3.8) is 0 Å². The van der Waals surface area contributed by atoms with Crippen molar-refractivity contribution in [3.8, 4) is 0 Å². The van der Waals surface area contributed by atoms with Crippen molar-refractivity contribution in [2.75, 3.05) is 0 Å². The third-order valence-electron chi connectivity index (χ3n) is 2.72.